The van der Waals surface area contributed by atoms with Crippen molar-refractivity contribution >= 4 is 29.2 Å². The van der Waals surface area contributed by atoms with E-state index < -0.39 is 23.9 Å². The first-order valence-electron chi connectivity index (χ1n) is 6.02. The predicted molar refractivity (Wildman–Crippen MR) is 73.9 cm³/mol. The monoisotopic (exact) mass is 299 g/mol. The van der Waals surface area contributed by atoms with Gasteiger partial charge in [-0.15, -0.1) is 11.3 Å². The van der Waals surface area contributed by atoms with Crippen molar-refractivity contribution in [2.24, 2.45) is 0 Å². The Labute approximate surface area is 120 Å². The van der Waals surface area contributed by atoms with Gasteiger partial charge < -0.3 is 15.2 Å². The van der Waals surface area contributed by atoms with Gasteiger partial charge in [-0.05, 0) is 31.9 Å². The average Bonchev–Trinajstić information content (AvgIpc) is 2.73. The number of hydrogen-bond acceptors (Lipinski definition) is 5. The number of carboxylic acids is 1. The van der Waals surface area contributed by atoms with E-state index in [1.165, 1.54) is 18.4 Å². The highest BCUT2D eigenvalue weighted by atomic mass is 32.1. The van der Waals surface area contributed by atoms with Gasteiger partial charge in [-0.25, -0.2) is 4.79 Å². The summed E-state index contributed by atoms with van der Waals surface area (Å²) in [6.07, 6.45) is -0.0622. The molecule has 0 fully saturated rings. The summed E-state index contributed by atoms with van der Waals surface area (Å²) in [6, 6.07) is 0.610. The van der Waals surface area contributed by atoms with Gasteiger partial charge in [0.25, 0.3) is 5.91 Å². The Balaban J connectivity index is 2.68. The second-order valence-corrected chi connectivity index (χ2v) is 5.59. The van der Waals surface area contributed by atoms with E-state index in [1.54, 1.807) is 6.07 Å². The van der Waals surface area contributed by atoms with Crippen LogP contribution in [-0.4, -0.2) is 36.1 Å². The number of aliphatic carboxylic acids is 1. The van der Waals surface area contributed by atoms with Crippen LogP contribution in [0.25, 0.3) is 0 Å². The molecule has 6 nitrogen and oxygen atoms in total. The van der Waals surface area contributed by atoms with Crippen LogP contribution in [0.3, 0.4) is 0 Å². The molecule has 1 amide bonds. The number of thiophene rings is 1. The number of esters is 1. The summed E-state index contributed by atoms with van der Waals surface area (Å²) in [5.41, 5.74) is 0.988. The smallest absolute Gasteiger partial charge is 0.326 e. The number of carbonyl (C=O) groups is 3. The van der Waals surface area contributed by atoms with E-state index in [0.29, 0.717) is 4.88 Å². The lowest BCUT2D eigenvalue weighted by molar-refractivity contribution is -0.142. The Morgan fingerprint density at radius 3 is 2.50 bits per heavy atom. The SMILES string of the molecule is COC(=O)CCC(NC(=O)c1cc(C)c(C)s1)C(=O)O. The molecule has 0 bridgehead atoms. The Kier molecular flexibility index (Phi) is 5.69. The van der Waals surface area contributed by atoms with Gasteiger partial charge in [-0.1, -0.05) is 0 Å². The van der Waals surface area contributed by atoms with Crippen LogP contribution in [-0.2, 0) is 14.3 Å². The molecule has 0 aliphatic rings. The Bertz CT molecular complexity index is 503. The highest BCUT2D eigenvalue weighted by Gasteiger charge is 2.22. The maximum atomic E-state index is 12.0. The highest BCUT2D eigenvalue weighted by molar-refractivity contribution is 7.14. The normalized spacial score (nSPS) is 11.8. The number of ether oxygens (including phenoxy) is 1. The van der Waals surface area contributed by atoms with Crippen molar-refractivity contribution in [3.63, 3.8) is 0 Å². The molecule has 0 spiro atoms. The van der Waals surface area contributed by atoms with Gasteiger partial charge in [0, 0.05) is 11.3 Å². The number of hydrogen-bond donors (Lipinski definition) is 2. The topological polar surface area (TPSA) is 92.7 Å². The molecule has 0 aromatic carbocycles. The van der Waals surface area contributed by atoms with Crippen LogP contribution in [0.15, 0.2) is 6.07 Å². The molecule has 1 aromatic heterocycles. The fourth-order valence-electron chi connectivity index (χ4n) is 1.54. The predicted octanol–water partition coefficient (Wildman–Crippen LogP) is 1.50. The molecule has 0 saturated heterocycles. The summed E-state index contributed by atoms with van der Waals surface area (Å²) in [5.74, 6) is -2.12. The van der Waals surface area contributed by atoms with Crippen LogP contribution in [0.4, 0.5) is 0 Å². The van der Waals surface area contributed by atoms with E-state index in [1.807, 2.05) is 13.8 Å². The summed E-state index contributed by atoms with van der Waals surface area (Å²) >= 11 is 1.31. The maximum absolute atomic E-state index is 12.0. The summed E-state index contributed by atoms with van der Waals surface area (Å²) in [5, 5.41) is 11.5. The van der Waals surface area contributed by atoms with Gasteiger partial charge >= 0.3 is 11.9 Å². The van der Waals surface area contributed by atoms with Crippen LogP contribution in [0.2, 0.25) is 0 Å². The highest BCUT2D eigenvalue weighted by Crippen LogP contribution is 2.20. The zero-order valence-electron chi connectivity index (χ0n) is 11.6. The first-order valence-corrected chi connectivity index (χ1v) is 6.84. The van der Waals surface area contributed by atoms with Crippen LogP contribution >= 0.6 is 11.3 Å². The second kappa shape index (κ2) is 7.04. The van der Waals surface area contributed by atoms with Crippen molar-refractivity contribution in [2.75, 3.05) is 7.11 Å². The Hall–Kier alpha value is -1.89. The van der Waals surface area contributed by atoms with Gasteiger partial charge in [-0.3, -0.25) is 9.59 Å². The molecule has 20 heavy (non-hydrogen) atoms. The number of carbonyl (C=O) groups excluding carboxylic acids is 2. The number of methoxy groups -OCH3 is 1. The van der Waals surface area contributed by atoms with Crippen molar-refractivity contribution in [1.29, 1.82) is 0 Å². The number of amides is 1. The molecule has 1 unspecified atom stereocenters. The molecule has 7 heteroatoms. The quantitative estimate of drug-likeness (QED) is 0.777. The van der Waals surface area contributed by atoms with Gasteiger partial charge in [0.1, 0.15) is 6.04 Å². The molecular formula is C13H17NO5S. The zero-order valence-corrected chi connectivity index (χ0v) is 12.4. The van der Waals surface area contributed by atoms with E-state index in [2.05, 4.69) is 10.1 Å². The van der Waals surface area contributed by atoms with E-state index in [-0.39, 0.29) is 12.8 Å². The van der Waals surface area contributed by atoms with Gasteiger partial charge in [0.15, 0.2) is 0 Å². The third-order valence-electron chi connectivity index (χ3n) is 2.86. The molecule has 110 valence electrons. The van der Waals surface area contributed by atoms with Crippen molar-refractivity contribution < 1.29 is 24.2 Å². The van der Waals surface area contributed by atoms with E-state index in [9.17, 15) is 14.4 Å². The molecule has 1 atom stereocenters. The van der Waals surface area contributed by atoms with E-state index in [0.717, 1.165) is 10.4 Å². The van der Waals surface area contributed by atoms with Crippen LogP contribution in [0.1, 0.15) is 33.0 Å². The lowest BCUT2D eigenvalue weighted by Gasteiger charge is -2.13. The molecular weight excluding hydrogens is 282 g/mol. The molecule has 0 saturated carbocycles. The minimum atomic E-state index is -1.17. The molecule has 1 aromatic rings. The number of aryl methyl sites for hydroxylation is 2. The lowest BCUT2D eigenvalue weighted by Crippen LogP contribution is -2.40. The standard InChI is InChI=1S/C13H17NO5S/c1-7-6-10(20-8(7)2)12(16)14-9(13(17)18)4-5-11(15)19-3/h6,9H,4-5H2,1-3H3,(H,14,16)(H,17,18). The second-order valence-electron chi connectivity index (χ2n) is 4.33. The molecule has 0 aliphatic heterocycles. The van der Waals surface area contributed by atoms with Crippen LogP contribution in [0.5, 0.6) is 0 Å². The number of nitrogens with one attached hydrogen (secondary N) is 1. The Morgan fingerprint density at radius 1 is 1.40 bits per heavy atom. The minimum Gasteiger partial charge on any atom is -0.480 e. The third kappa shape index (κ3) is 4.34. The number of rotatable bonds is 6. The van der Waals surface area contributed by atoms with Gasteiger partial charge in [0.2, 0.25) is 0 Å². The largest absolute Gasteiger partial charge is 0.480 e. The third-order valence-corrected chi connectivity index (χ3v) is 4.01. The van der Waals surface area contributed by atoms with Gasteiger partial charge in [0.05, 0.1) is 12.0 Å². The molecule has 1 rings (SSSR count). The first-order chi connectivity index (χ1) is 9.35. The maximum Gasteiger partial charge on any atom is 0.326 e. The summed E-state index contributed by atoms with van der Waals surface area (Å²) < 4.78 is 4.45. The zero-order chi connectivity index (χ0) is 15.3. The summed E-state index contributed by atoms with van der Waals surface area (Å²) in [7, 11) is 1.23. The minimum absolute atomic E-state index is 0.00289. The van der Waals surface area contributed by atoms with Gasteiger partial charge in [-0.2, -0.15) is 0 Å². The van der Waals surface area contributed by atoms with Crippen molar-refractivity contribution in [3.8, 4) is 0 Å². The fourth-order valence-corrected chi connectivity index (χ4v) is 2.47. The lowest BCUT2D eigenvalue weighted by atomic mass is 10.1. The van der Waals surface area contributed by atoms with E-state index in [4.69, 9.17) is 5.11 Å². The first kappa shape index (κ1) is 16.2. The summed E-state index contributed by atoms with van der Waals surface area (Å²) in [6.45, 7) is 3.78. The van der Waals surface area contributed by atoms with Crippen LogP contribution in [0, 0.1) is 13.8 Å². The number of carboxylic acid groups (broad SMARTS) is 1. The summed E-state index contributed by atoms with van der Waals surface area (Å²) in [4.78, 5) is 35.5. The molecule has 0 aliphatic carbocycles. The van der Waals surface area contributed by atoms with E-state index >= 15 is 0 Å². The van der Waals surface area contributed by atoms with Crippen LogP contribution < -0.4 is 5.32 Å². The molecule has 1 heterocycles. The van der Waals surface area contributed by atoms with Crippen molar-refractivity contribution in [3.05, 3.63) is 21.4 Å². The average molecular weight is 299 g/mol. The molecule has 2 N–H and O–H groups in total. The fraction of sp³-hybridized carbons (Fsp3) is 0.462. The Morgan fingerprint density at radius 2 is 2.05 bits per heavy atom. The molecule has 0 radical (unpaired) electrons. The van der Waals surface area contributed by atoms with Crippen molar-refractivity contribution in [2.45, 2.75) is 32.7 Å². The van der Waals surface area contributed by atoms with Crippen molar-refractivity contribution in [1.82, 2.24) is 5.32 Å².